The molecule has 0 N–H and O–H groups in total. The summed E-state index contributed by atoms with van der Waals surface area (Å²) in [4.78, 5) is 0. The van der Waals surface area contributed by atoms with E-state index in [2.05, 4.69) is 102 Å². The van der Waals surface area contributed by atoms with Crippen molar-refractivity contribution >= 4 is 75.3 Å². The molecule has 0 fully saturated rings. The molecule has 8 rings (SSSR count). The third kappa shape index (κ3) is 2.22. The molecule has 0 aliphatic heterocycles. The molecule has 8 aromatic rings. The molecule has 2 nitrogen and oxygen atoms in total. The average molecular weight is 440 g/mol. The predicted octanol–water partition coefficient (Wildman–Crippen LogP) is 9.05. The SMILES string of the molecule is c1ccc2c(c1)oc1c2ccc2sc3cccc(-n4c5ccccc5c5ccccc54)c3c21. The molecule has 0 radical (unpaired) electrons. The smallest absolute Gasteiger partial charge is 0.144 e. The molecule has 0 aliphatic rings. The summed E-state index contributed by atoms with van der Waals surface area (Å²) in [6.45, 7) is 0. The monoisotopic (exact) mass is 439 g/mol. The average Bonchev–Trinajstić information content (AvgIpc) is 3.53. The normalized spacial score (nSPS) is 12.2. The van der Waals surface area contributed by atoms with Crippen LogP contribution in [-0.2, 0) is 0 Å². The summed E-state index contributed by atoms with van der Waals surface area (Å²) in [5.41, 5.74) is 5.57. The maximum absolute atomic E-state index is 6.48. The van der Waals surface area contributed by atoms with Crippen LogP contribution in [0.1, 0.15) is 0 Å². The van der Waals surface area contributed by atoms with E-state index in [1.165, 1.54) is 58.4 Å². The topological polar surface area (TPSA) is 18.1 Å². The highest BCUT2D eigenvalue weighted by Crippen LogP contribution is 2.45. The largest absolute Gasteiger partial charge is 0.455 e. The zero-order chi connectivity index (χ0) is 21.5. The molecule has 0 unspecified atom stereocenters. The molecule has 0 bridgehead atoms. The maximum Gasteiger partial charge on any atom is 0.144 e. The van der Waals surface area contributed by atoms with E-state index in [-0.39, 0.29) is 0 Å². The summed E-state index contributed by atoms with van der Waals surface area (Å²) in [5.74, 6) is 0. The molecule has 154 valence electrons. The summed E-state index contributed by atoms with van der Waals surface area (Å²) in [5, 5.41) is 7.37. The van der Waals surface area contributed by atoms with Gasteiger partial charge in [0.05, 0.1) is 16.7 Å². The third-order valence-electron chi connectivity index (χ3n) is 6.80. The lowest BCUT2D eigenvalue weighted by molar-refractivity contribution is 0.673. The first-order valence-corrected chi connectivity index (χ1v) is 11.9. The van der Waals surface area contributed by atoms with Gasteiger partial charge >= 0.3 is 0 Å². The molecule has 0 saturated carbocycles. The zero-order valence-electron chi connectivity index (χ0n) is 17.6. The predicted molar refractivity (Wildman–Crippen MR) is 141 cm³/mol. The van der Waals surface area contributed by atoms with Gasteiger partial charge in [-0.15, -0.1) is 11.3 Å². The lowest BCUT2D eigenvalue weighted by atomic mass is 10.1. The van der Waals surface area contributed by atoms with E-state index in [1.807, 2.05) is 17.4 Å². The van der Waals surface area contributed by atoms with Crippen LogP contribution in [0.4, 0.5) is 0 Å². The van der Waals surface area contributed by atoms with Crippen molar-refractivity contribution in [1.82, 2.24) is 4.57 Å². The number of furan rings is 1. The number of rotatable bonds is 1. The molecule has 0 aliphatic carbocycles. The third-order valence-corrected chi connectivity index (χ3v) is 7.92. The van der Waals surface area contributed by atoms with E-state index in [1.54, 1.807) is 0 Å². The van der Waals surface area contributed by atoms with Crippen LogP contribution >= 0.6 is 11.3 Å². The minimum Gasteiger partial charge on any atom is -0.455 e. The summed E-state index contributed by atoms with van der Waals surface area (Å²) >= 11 is 1.84. The Bertz CT molecular complexity index is 1980. The van der Waals surface area contributed by atoms with Gasteiger partial charge in [-0.1, -0.05) is 60.7 Å². The number of thiophene rings is 1. The van der Waals surface area contributed by atoms with Crippen molar-refractivity contribution in [3.8, 4) is 5.69 Å². The second kappa shape index (κ2) is 6.25. The highest BCUT2D eigenvalue weighted by Gasteiger charge is 2.19. The summed E-state index contributed by atoms with van der Waals surface area (Å²) < 4.78 is 11.4. The van der Waals surface area contributed by atoms with Crippen LogP contribution in [-0.4, -0.2) is 4.57 Å². The van der Waals surface area contributed by atoms with Crippen LogP contribution in [0.2, 0.25) is 0 Å². The Morgan fingerprint density at radius 1 is 0.515 bits per heavy atom. The molecule has 3 heterocycles. The van der Waals surface area contributed by atoms with E-state index in [0.29, 0.717) is 0 Å². The Kier molecular flexibility index (Phi) is 3.31. The quantitative estimate of drug-likeness (QED) is 0.249. The van der Waals surface area contributed by atoms with Gasteiger partial charge in [0.1, 0.15) is 11.2 Å². The molecular formula is C30H17NOS. The lowest BCUT2D eigenvalue weighted by Gasteiger charge is -2.10. The number of hydrogen-bond acceptors (Lipinski definition) is 2. The molecule has 0 atom stereocenters. The van der Waals surface area contributed by atoms with Gasteiger partial charge in [-0.25, -0.2) is 0 Å². The maximum atomic E-state index is 6.48. The van der Waals surface area contributed by atoms with Crippen molar-refractivity contribution in [1.29, 1.82) is 0 Å². The highest BCUT2D eigenvalue weighted by atomic mass is 32.1. The van der Waals surface area contributed by atoms with Gasteiger partial charge in [0.25, 0.3) is 0 Å². The van der Waals surface area contributed by atoms with Gasteiger partial charge in [-0.05, 0) is 42.5 Å². The van der Waals surface area contributed by atoms with Gasteiger partial charge in [0, 0.05) is 41.7 Å². The number of hydrogen-bond donors (Lipinski definition) is 0. The summed E-state index contributed by atoms with van der Waals surface area (Å²) in [6.07, 6.45) is 0. The number of para-hydroxylation sites is 3. The fraction of sp³-hybridized carbons (Fsp3) is 0. The molecule has 3 aromatic heterocycles. The second-order valence-corrected chi connectivity index (χ2v) is 9.62. The minimum absolute atomic E-state index is 0.939. The number of nitrogens with zero attached hydrogens (tertiary/aromatic N) is 1. The molecule has 0 spiro atoms. The Morgan fingerprint density at radius 2 is 1.18 bits per heavy atom. The van der Waals surface area contributed by atoms with Crippen molar-refractivity contribution in [3.63, 3.8) is 0 Å². The summed E-state index contributed by atoms with van der Waals surface area (Å²) in [6, 6.07) is 36.8. The van der Waals surface area contributed by atoms with Gasteiger partial charge < -0.3 is 8.98 Å². The van der Waals surface area contributed by atoms with E-state index < -0.39 is 0 Å². The number of aromatic nitrogens is 1. The van der Waals surface area contributed by atoms with Gasteiger partial charge in [-0.3, -0.25) is 0 Å². The van der Waals surface area contributed by atoms with E-state index in [4.69, 9.17) is 4.42 Å². The van der Waals surface area contributed by atoms with Crippen molar-refractivity contribution in [3.05, 3.63) is 103 Å². The van der Waals surface area contributed by atoms with E-state index in [0.717, 1.165) is 11.2 Å². The molecule has 0 amide bonds. The first-order valence-electron chi connectivity index (χ1n) is 11.1. The van der Waals surface area contributed by atoms with Gasteiger partial charge in [0.2, 0.25) is 0 Å². The van der Waals surface area contributed by atoms with E-state index >= 15 is 0 Å². The molecule has 3 heteroatoms. The Hall–Kier alpha value is -4.08. The van der Waals surface area contributed by atoms with E-state index in [9.17, 15) is 0 Å². The fourth-order valence-electron chi connectivity index (χ4n) is 5.44. The molecule has 0 saturated heterocycles. The lowest BCUT2D eigenvalue weighted by Crippen LogP contribution is -1.94. The van der Waals surface area contributed by atoms with Crippen LogP contribution in [0.3, 0.4) is 0 Å². The first-order chi connectivity index (χ1) is 16.4. The number of fused-ring (bicyclic) bond motifs is 10. The van der Waals surface area contributed by atoms with Crippen molar-refractivity contribution in [2.24, 2.45) is 0 Å². The van der Waals surface area contributed by atoms with Crippen molar-refractivity contribution < 1.29 is 4.42 Å². The van der Waals surface area contributed by atoms with Crippen LogP contribution in [0.25, 0.3) is 69.6 Å². The van der Waals surface area contributed by atoms with Crippen molar-refractivity contribution in [2.45, 2.75) is 0 Å². The standard InChI is InChI=1S/C30H17NOS/c1-4-11-22-18(8-1)19-9-2-5-12-23(19)31(22)24-13-7-15-26-28(24)29-27(33-26)17-16-21-20-10-3-6-14-25(20)32-30(21)29/h1-17H. The molecule has 33 heavy (non-hydrogen) atoms. The Morgan fingerprint density at radius 3 is 1.97 bits per heavy atom. The Balaban J connectivity index is 1.62. The van der Waals surface area contributed by atoms with Crippen LogP contribution < -0.4 is 0 Å². The van der Waals surface area contributed by atoms with Crippen molar-refractivity contribution in [2.75, 3.05) is 0 Å². The number of benzene rings is 5. The zero-order valence-corrected chi connectivity index (χ0v) is 18.4. The fourth-order valence-corrected chi connectivity index (χ4v) is 6.56. The van der Waals surface area contributed by atoms with Gasteiger partial charge in [-0.2, -0.15) is 0 Å². The Labute approximate surface area is 192 Å². The van der Waals surface area contributed by atoms with Crippen LogP contribution in [0.15, 0.2) is 108 Å². The molecular weight excluding hydrogens is 422 g/mol. The van der Waals surface area contributed by atoms with Crippen LogP contribution in [0, 0.1) is 0 Å². The minimum atomic E-state index is 0.939. The summed E-state index contributed by atoms with van der Waals surface area (Å²) in [7, 11) is 0. The first kappa shape index (κ1) is 17.5. The van der Waals surface area contributed by atoms with Gasteiger partial charge in [0.15, 0.2) is 0 Å². The second-order valence-electron chi connectivity index (χ2n) is 8.54. The molecule has 5 aromatic carbocycles. The van der Waals surface area contributed by atoms with Crippen LogP contribution in [0.5, 0.6) is 0 Å². The highest BCUT2D eigenvalue weighted by molar-refractivity contribution is 7.26.